The second kappa shape index (κ2) is 3.63. The Kier molecular flexibility index (Phi) is 2.24. The first kappa shape index (κ1) is 12.4. The van der Waals surface area contributed by atoms with Crippen molar-refractivity contribution in [1.82, 2.24) is 0 Å². The molecule has 0 aromatic heterocycles. The molecule has 100 valence electrons. The summed E-state index contributed by atoms with van der Waals surface area (Å²) in [5, 5.41) is 6.79. The maximum atomic E-state index is 2.53. The van der Waals surface area contributed by atoms with Crippen molar-refractivity contribution in [3.8, 4) is 0 Å². The van der Waals surface area contributed by atoms with Gasteiger partial charge in [-0.15, -0.1) is 0 Å². The van der Waals surface area contributed by atoms with E-state index in [1.54, 1.807) is 31.9 Å². The molecule has 2 aromatic rings. The maximum Gasteiger partial charge on any atom is 0.113 e. The summed E-state index contributed by atoms with van der Waals surface area (Å²) in [6.07, 6.45) is 0. The first-order valence-electron chi connectivity index (χ1n) is 7.40. The number of hydrogen-bond acceptors (Lipinski definition) is 0. The highest BCUT2D eigenvalue weighted by molar-refractivity contribution is 7.19. The van der Waals surface area contributed by atoms with Gasteiger partial charge in [0.25, 0.3) is 0 Å². The molecule has 0 unspecified atom stereocenters. The quantitative estimate of drug-likeness (QED) is 0.652. The van der Waals surface area contributed by atoms with Crippen LogP contribution in [0.15, 0.2) is 48.5 Å². The second-order valence-corrected chi connectivity index (χ2v) is 15.7. The van der Waals surface area contributed by atoms with E-state index in [4.69, 9.17) is 0 Å². The van der Waals surface area contributed by atoms with Crippen LogP contribution in [0.1, 0.15) is 11.1 Å². The van der Waals surface area contributed by atoms with E-state index < -0.39 is 16.1 Å². The summed E-state index contributed by atoms with van der Waals surface area (Å²) >= 11 is 0. The molecule has 0 nitrogen and oxygen atoms in total. The molecule has 0 saturated carbocycles. The van der Waals surface area contributed by atoms with E-state index >= 15 is 0 Å². The van der Waals surface area contributed by atoms with Gasteiger partial charge < -0.3 is 0 Å². The molecule has 2 aliphatic heterocycles. The highest BCUT2D eigenvalue weighted by atomic mass is 28.3. The summed E-state index contributed by atoms with van der Waals surface area (Å²) in [5.74, 6) is 0. The van der Waals surface area contributed by atoms with Gasteiger partial charge in [-0.1, -0.05) is 74.7 Å². The third-order valence-electron chi connectivity index (χ3n) is 5.24. The zero-order valence-electron chi connectivity index (χ0n) is 12.6. The van der Waals surface area contributed by atoms with Gasteiger partial charge in [0.2, 0.25) is 0 Å². The van der Waals surface area contributed by atoms with E-state index in [0.29, 0.717) is 0 Å². The van der Waals surface area contributed by atoms with Crippen molar-refractivity contribution in [2.75, 3.05) is 0 Å². The van der Waals surface area contributed by atoms with Gasteiger partial charge in [0.15, 0.2) is 0 Å². The van der Waals surface area contributed by atoms with Gasteiger partial charge in [0.05, 0.1) is 0 Å². The topological polar surface area (TPSA) is 0 Å². The lowest BCUT2D eigenvalue weighted by molar-refractivity contribution is 1.65. The average molecular weight is 293 g/mol. The van der Waals surface area contributed by atoms with Crippen molar-refractivity contribution in [2.45, 2.75) is 26.2 Å². The van der Waals surface area contributed by atoms with Gasteiger partial charge in [-0.3, -0.25) is 0 Å². The SMILES string of the molecule is C[Si]1(C)C2=C(c3ccccc31)[Si](C)(C)c1ccccc12. The van der Waals surface area contributed by atoms with Crippen LogP contribution in [0.25, 0.3) is 10.4 Å². The summed E-state index contributed by atoms with van der Waals surface area (Å²) in [4.78, 5) is 0. The molecule has 0 N–H and O–H groups in total. The smallest absolute Gasteiger partial charge is 0.0623 e. The van der Waals surface area contributed by atoms with Crippen molar-refractivity contribution in [3.63, 3.8) is 0 Å². The molecule has 0 bridgehead atoms. The fourth-order valence-corrected chi connectivity index (χ4v) is 13.1. The van der Waals surface area contributed by atoms with Crippen molar-refractivity contribution in [2.24, 2.45) is 0 Å². The Bertz CT molecular complexity index is 701. The van der Waals surface area contributed by atoms with Crippen LogP contribution in [0.4, 0.5) is 0 Å². The van der Waals surface area contributed by atoms with E-state index in [0.717, 1.165) is 0 Å². The van der Waals surface area contributed by atoms with Crippen LogP contribution in [0.3, 0.4) is 0 Å². The molecule has 0 saturated heterocycles. The Morgan fingerprint density at radius 2 is 0.900 bits per heavy atom. The zero-order valence-corrected chi connectivity index (χ0v) is 14.6. The van der Waals surface area contributed by atoms with Crippen LogP contribution in [0.5, 0.6) is 0 Å². The lowest BCUT2D eigenvalue weighted by atomic mass is 10.1. The minimum absolute atomic E-state index is 1.52. The number of benzene rings is 2. The molecule has 2 heterocycles. The van der Waals surface area contributed by atoms with Gasteiger partial charge in [-0.2, -0.15) is 0 Å². The Morgan fingerprint density at radius 1 is 0.550 bits per heavy atom. The fourth-order valence-electron chi connectivity index (χ4n) is 4.33. The average Bonchev–Trinajstić information content (AvgIpc) is 2.82. The third kappa shape index (κ3) is 1.26. The first-order valence-corrected chi connectivity index (χ1v) is 13.4. The van der Waals surface area contributed by atoms with Crippen LogP contribution in [-0.2, 0) is 0 Å². The fraction of sp³-hybridized carbons (Fsp3) is 0.222. The molecule has 0 radical (unpaired) electrons. The van der Waals surface area contributed by atoms with Crippen molar-refractivity contribution >= 4 is 36.9 Å². The van der Waals surface area contributed by atoms with Crippen molar-refractivity contribution in [1.29, 1.82) is 0 Å². The Labute approximate surface area is 123 Å². The molecule has 0 aliphatic carbocycles. The van der Waals surface area contributed by atoms with Gasteiger partial charge in [-0.05, 0) is 31.9 Å². The number of hydrogen-bond donors (Lipinski definition) is 0. The van der Waals surface area contributed by atoms with Crippen LogP contribution in [0.2, 0.25) is 26.2 Å². The highest BCUT2D eigenvalue weighted by Crippen LogP contribution is 2.48. The molecular weight excluding hydrogens is 272 g/mol. The predicted molar refractivity (Wildman–Crippen MR) is 93.9 cm³/mol. The maximum absolute atomic E-state index is 2.53. The molecule has 2 aromatic carbocycles. The van der Waals surface area contributed by atoms with Gasteiger partial charge in [0.1, 0.15) is 16.1 Å². The minimum Gasteiger partial charge on any atom is -0.0623 e. The van der Waals surface area contributed by atoms with Gasteiger partial charge >= 0.3 is 0 Å². The van der Waals surface area contributed by atoms with E-state index in [-0.39, 0.29) is 0 Å². The summed E-state index contributed by atoms with van der Waals surface area (Å²) in [5.41, 5.74) is 3.15. The van der Waals surface area contributed by atoms with E-state index in [1.807, 2.05) is 0 Å². The largest absolute Gasteiger partial charge is 0.113 e. The minimum atomic E-state index is -1.52. The molecule has 4 rings (SSSR count). The van der Waals surface area contributed by atoms with Crippen molar-refractivity contribution < 1.29 is 0 Å². The molecule has 2 heteroatoms. The Morgan fingerprint density at radius 3 is 1.30 bits per heavy atom. The Hall–Kier alpha value is -1.39. The van der Waals surface area contributed by atoms with E-state index in [9.17, 15) is 0 Å². The molecule has 0 spiro atoms. The number of rotatable bonds is 0. The first-order chi connectivity index (χ1) is 9.45. The highest BCUT2D eigenvalue weighted by Gasteiger charge is 2.50. The van der Waals surface area contributed by atoms with E-state index in [1.165, 1.54) is 0 Å². The molecule has 0 atom stereocenters. The van der Waals surface area contributed by atoms with Crippen LogP contribution in [0, 0.1) is 0 Å². The molecule has 20 heavy (non-hydrogen) atoms. The van der Waals surface area contributed by atoms with Crippen molar-refractivity contribution in [3.05, 3.63) is 59.7 Å². The third-order valence-corrected chi connectivity index (χ3v) is 12.6. The summed E-state index contributed by atoms with van der Waals surface area (Å²) in [6, 6.07) is 18.4. The number of fused-ring (bicyclic) bond motifs is 4. The zero-order chi connectivity index (χ0) is 14.1. The predicted octanol–water partition coefficient (Wildman–Crippen LogP) is 3.53. The van der Waals surface area contributed by atoms with Crippen LogP contribution in [-0.4, -0.2) is 16.1 Å². The molecule has 0 amide bonds. The normalized spacial score (nSPS) is 20.6. The Balaban J connectivity index is 2.13. The standard InChI is InChI=1S/C18H20Si2/c1-19(2)15-11-7-5-9-13(15)18-17(19)14-10-6-8-12-16(14)20(18,3)4/h5-12H,1-4H3. The lowest BCUT2D eigenvalue weighted by Crippen LogP contribution is -2.45. The van der Waals surface area contributed by atoms with Crippen LogP contribution < -0.4 is 10.4 Å². The van der Waals surface area contributed by atoms with Gasteiger partial charge in [0, 0.05) is 0 Å². The second-order valence-electron chi connectivity index (χ2n) is 7.09. The monoisotopic (exact) mass is 292 g/mol. The molecular formula is C18H20Si2. The van der Waals surface area contributed by atoms with Crippen LogP contribution >= 0.6 is 0 Å². The lowest BCUT2D eigenvalue weighted by Gasteiger charge is -2.25. The van der Waals surface area contributed by atoms with Gasteiger partial charge in [-0.25, -0.2) is 0 Å². The summed E-state index contributed by atoms with van der Waals surface area (Å²) in [7, 11) is -3.03. The molecule has 2 aliphatic rings. The summed E-state index contributed by atoms with van der Waals surface area (Å²) in [6.45, 7) is 10.1. The molecule has 0 fully saturated rings. The summed E-state index contributed by atoms with van der Waals surface area (Å²) < 4.78 is 0. The van der Waals surface area contributed by atoms with E-state index in [2.05, 4.69) is 74.7 Å².